The molecule has 150 valence electrons. The van der Waals surface area contributed by atoms with Gasteiger partial charge in [-0.3, -0.25) is 4.79 Å². The Bertz CT molecular complexity index is 1460. The summed E-state index contributed by atoms with van der Waals surface area (Å²) in [5.74, 6) is 1.72. The molecule has 0 bridgehead atoms. The molecule has 2 N–H and O–H groups in total. The molecule has 1 aromatic carbocycles. The summed E-state index contributed by atoms with van der Waals surface area (Å²) in [6, 6.07) is 12.1. The standard InChI is InChI=1S/C23H21N5O2/c1-13-7-18-19(11-25-23(29)21(18)26-13)16-9-20-22(24-10-16)27-14(2)28(20)12-15-5-4-6-17(8-15)30-3/h4-11,26H,12H2,1-3H3,(H,25,29). The summed E-state index contributed by atoms with van der Waals surface area (Å²) in [7, 11) is 1.67. The first-order valence-electron chi connectivity index (χ1n) is 9.70. The molecule has 7 nitrogen and oxygen atoms in total. The lowest BCUT2D eigenvalue weighted by molar-refractivity contribution is 0.414. The van der Waals surface area contributed by atoms with Gasteiger partial charge in [-0.1, -0.05) is 12.1 Å². The van der Waals surface area contributed by atoms with Gasteiger partial charge in [0.1, 0.15) is 17.1 Å². The van der Waals surface area contributed by atoms with Gasteiger partial charge >= 0.3 is 0 Å². The molecule has 0 aliphatic carbocycles. The van der Waals surface area contributed by atoms with Crippen molar-refractivity contribution in [2.45, 2.75) is 20.4 Å². The van der Waals surface area contributed by atoms with E-state index in [-0.39, 0.29) is 5.56 Å². The zero-order valence-corrected chi connectivity index (χ0v) is 17.0. The molecule has 0 amide bonds. The second-order valence-electron chi connectivity index (χ2n) is 7.44. The topological polar surface area (TPSA) is 88.6 Å². The average molecular weight is 399 g/mol. The summed E-state index contributed by atoms with van der Waals surface area (Å²) < 4.78 is 7.50. The number of hydrogen-bond donors (Lipinski definition) is 2. The maximum absolute atomic E-state index is 12.2. The van der Waals surface area contributed by atoms with Crippen LogP contribution >= 0.6 is 0 Å². The van der Waals surface area contributed by atoms with Crippen molar-refractivity contribution in [3.05, 3.63) is 76.2 Å². The fourth-order valence-electron chi connectivity index (χ4n) is 3.93. The van der Waals surface area contributed by atoms with Crippen LogP contribution in [-0.2, 0) is 6.54 Å². The van der Waals surface area contributed by atoms with Gasteiger partial charge in [0.2, 0.25) is 0 Å². The van der Waals surface area contributed by atoms with Crippen molar-refractivity contribution in [2.24, 2.45) is 0 Å². The third-order valence-corrected chi connectivity index (χ3v) is 5.40. The lowest BCUT2D eigenvalue weighted by atomic mass is 10.1. The van der Waals surface area contributed by atoms with E-state index in [1.807, 2.05) is 38.1 Å². The first-order valence-corrected chi connectivity index (χ1v) is 9.70. The van der Waals surface area contributed by atoms with Crippen molar-refractivity contribution in [1.29, 1.82) is 0 Å². The van der Waals surface area contributed by atoms with Crippen LogP contribution in [0.3, 0.4) is 0 Å². The van der Waals surface area contributed by atoms with Gasteiger partial charge in [-0.25, -0.2) is 9.97 Å². The molecular weight excluding hydrogens is 378 g/mol. The summed E-state index contributed by atoms with van der Waals surface area (Å²) in [6.07, 6.45) is 3.55. The van der Waals surface area contributed by atoms with Crippen LogP contribution in [0.15, 0.2) is 53.6 Å². The normalized spacial score (nSPS) is 11.4. The molecule has 30 heavy (non-hydrogen) atoms. The molecule has 0 saturated carbocycles. The number of aromatic nitrogens is 5. The predicted molar refractivity (Wildman–Crippen MR) is 117 cm³/mol. The summed E-state index contributed by atoms with van der Waals surface area (Å²) >= 11 is 0. The zero-order valence-electron chi connectivity index (χ0n) is 17.0. The largest absolute Gasteiger partial charge is 0.497 e. The number of H-pyrrole nitrogens is 2. The summed E-state index contributed by atoms with van der Waals surface area (Å²) in [5, 5.41) is 0.882. The number of fused-ring (bicyclic) bond motifs is 2. The highest BCUT2D eigenvalue weighted by Gasteiger charge is 2.14. The van der Waals surface area contributed by atoms with Crippen LogP contribution in [0.4, 0.5) is 0 Å². The van der Waals surface area contributed by atoms with E-state index in [9.17, 15) is 4.79 Å². The lowest BCUT2D eigenvalue weighted by Gasteiger charge is -2.09. The molecule has 4 heterocycles. The van der Waals surface area contributed by atoms with Gasteiger partial charge in [-0.05, 0) is 43.7 Å². The van der Waals surface area contributed by atoms with Crippen LogP contribution in [0.25, 0.3) is 33.2 Å². The molecule has 0 fully saturated rings. The quantitative estimate of drug-likeness (QED) is 0.479. The predicted octanol–water partition coefficient (Wildman–Crippen LogP) is 3.94. The van der Waals surface area contributed by atoms with E-state index in [4.69, 9.17) is 4.74 Å². The molecular formula is C23H21N5O2. The van der Waals surface area contributed by atoms with Gasteiger partial charge in [-0.15, -0.1) is 0 Å². The Morgan fingerprint density at radius 2 is 2.03 bits per heavy atom. The SMILES string of the molecule is COc1cccc(Cn2c(C)nc3ncc(-c4c[nH]c(=O)c5[nH]c(C)cc45)cc32)c1. The minimum absolute atomic E-state index is 0.130. The Hall–Kier alpha value is -3.87. The van der Waals surface area contributed by atoms with Crippen LogP contribution in [-0.4, -0.2) is 31.6 Å². The van der Waals surface area contributed by atoms with E-state index >= 15 is 0 Å². The second-order valence-corrected chi connectivity index (χ2v) is 7.44. The minimum atomic E-state index is -0.130. The maximum atomic E-state index is 12.2. The first kappa shape index (κ1) is 18.2. The molecule has 0 saturated heterocycles. The van der Waals surface area contributed by atoms with Crippen LogP contribution in [0.5, 0.6) is 5.75 Å². The lowest BCUT2D eigenvalue weighted by Crippen LogP contribution is -2.06. The van der Waals surface area contributed by atoms with Gasteiger partial charge in [0, 0.05) is 41.1 Å². The number of imidazole rings is 1. The monoisotopic (exact) mass is 399 g/mol. The summed E-state index contributed by atoms with van der Waals surface area (Å²) in [5.41, 5.74) is 6.00. The Balaban J connectivity index is 1.65. The minimum Gasteiger partial charge on any atom is -0.497 e. The van der Waals surface area contributed by atoms with E-state index in [2.05, 4.69) is 36.6 Å². The molecule has 0 atom stereocenters. The highest BCUT2D eigenvalue weighted by atomic mass is 16.5. The second kappa shape index (κ2) is 6.88. The van der Waals surface area contributed by atoms with Crippen molar-refractivity contribution >= 4 is 22.1 Å². The van der Waals surface area contributed by atoms with Crippen molar-refractivity contribution in [2.75, 3.05) is 7.11 Å². The molecule has 0 unspecified atom stereocenters. The molecule has 5 aromatic rings. The van der Waals surface area contributed by atoms with Crippen molar-refractivity contribution in [1.82, 2.24) is 24.5 Å². The third-order valence-electron chi connectivity index (χ3n) is 5.40. The average Bonchev–Trinajstić information content (AvgIpc) is 3.28. The van der Waals surface area contributed by atoms with Crippen molar-refractivity contribution < 1.29 is 4.74 Å². The first-order chi connectivity index (χ1) is 14.5. The van der Waals surface area contributed by atoms with E-state index in [1.165, 1.54) is 0 Å². The van der Waals surface area contributed by atoms with E-state index < -0.39 is 0 Å². The molecule has 7 heteroatoms. The number of nitrogens with zero attached hydrogens (tertiary/aromatic N) is 3. The number of aromatic amines is 2. The van der Waals surface area contributed by atoms with Gasteiger partial charge in [0.25, 0.3) is 5.56 Å². The molecule has 0 aliphatic rings. The number of methoxy groups -OCH3 is 1. The van der Waals surface area contributed by atoms with Gasteiger partial charge < -0.3 is 19.3 Å². The van der Waals surface area contributed by atoms with Crippen molar-refractivity contribution in [3.63, 3.8) is 0 Å². The van der Waals surface area contributed by atoms with Crippen LogP contribution in [0.1, 0.15) is 17.1 Å². The Morgan fingerprint density at radius 3 is 2.87 bits per heavy atom. The molecule has 0 radical (unpaired) electrons. The Kier molecular flexibility index (Phi) is 4.17. The van der Waals surface area contributed by atoms with Gasteiger partial charge in [0.15, 0.2) is 5.65 Å². The number of pyridine rings is 2. The smallest absolute Gasteiger partial charge is 0.272 e. The van der Waals surface area contributed by atoms with Crippen LogP contribution in [0, 0.1) is 13.8 Å². The molecule has 0 spiro atoms. The highest BCUT2D eigenvalue weighted by Crippen LogP contribution is 2.29. The molecule has 4 aromatic heterocycles. The van der Waals surface area contributed by atoms with E-state index in [0.717, 1.165) is 44.9 Å². The van der Waals surface area contributed by atoms with Gasteiger partial charge in [-0.2, -0.15) is 0 Å². The Labute approximate surface area is 172 Å². The molecule has 5 rings (SSSR count). The zero-order chi connectivity index (χ0) is 20.8. The fraction of sp³-hybridized carbons (Fsp3) is 0.174. The van der Waals surface area contributed by atoms with E-state index in [1.54, 1.807) is 19.5 Å². The highest BCUT2D eigenvalue weighted by molar-refractivity contribution is 5.96. The van der Waals surface area contributed by atoms with Crippen LogP contribution < -0.4 is 10.3 Å². The Morgan fingerprint density at radius 1 is 1.17 bits per heavy atom. The number of ether oxygens (including phenoxy) is 1. The summed E-state index contributed by atoms with van der Waals surface area (Å²) in [4.78, 5) is 27.4. The third kappa shape index (κ3) is 2.95. The number of nitrogens with one attached hydrogen (secondary N) is 2. The summed E-state index contributed by atoms with van der Waals surface area (Å²) in [6.45, 7) is 4.58. The fourth-order valence-corrected chi connectivity index (χ4v) is 3.93. The van der Waals surface area contributed by atoms with E-state index in [0.29, 0.717) is 17.7 Å². The number of aryl methyl sites for hydroxylation is 2. The number of hydrogen-bond acceptors (Lipinski definition) is 4. The van der Waals surface area contributed by atoms with Crippen molar-refractivity contribution in [3.8, 4) is 16.9 Å². The number of rotatable bonds is 4. The maximum Gasteiger partial charge on any atom is 0.272 e. The molecule has 0 aliphatic heterocycles. The van der Waals surface area contributed by atoms with Gasteiger partial charge in [0.05, 0.1) is 12.6 Å². The number of benzene rings is 1. The van der Waals surface area contributed by atoms with Crippen LogP contribution in [0.2, 0.25) is 0 Å².